The molecule has 5 nitrogen and oxygen atoms in total. The third-order valence-electron chi connectivity index (χ3n) is 3.03. The molecule has 0 bridgehead atoms. The average molecular weight is 254 g/mol. The van der Waals surface area contributed by atoms with Gasteiger partial charge in [0.1, 0.15) is 5.76 Å². The number of aliphatic hydroxyl groups excluding tert-OH is 1. The van der Waals surface area contributed by atoms with E-state index in [2.05, 4.69) is 10.3 Å². The maximum absolute atomic E-state index is 9.74. The van der Waals surface area contributed by atoms with Gasteiger partial charge in [0, 0.05) is 13.2 Å². The molecule has 2 N–H and O–H groups in total. The highest BCUT2D eigenvalue weighted by Crippen LogP contribution is 2.28. The first-order valence-corrected chi connectivity index (χ1v) is 6.56. The lowest BCUT2D eigenvalue weighted by Gasteiger charge is -2.15. The normalized spacial score (nSPS) is 18.8. The van der Waals surface area contributed by atoms with Gasteiger partial charge in [0.05, 0.1) is 24.9 Å². The Morgan fingerprint density at radius 2 is 2.39 bits per heavy atom. The quantitative estimate of drug-likeness (QED) is 0.734. The predicted molar refractivity (Wildman–Crippen MR) is 67.2 cm³/mol. The molecule has 18 heavy (non-hydrogen) atoms. The van der Waals surface area contributed by atoms with Crippen LogP contribution in [0.25, 0.3) is 0 Å². The summed E-state index contributed by atoms with van der Waals surface area (Å²) in [5.41, 5.74) is 0. The second-order valence-corrected chi connectivity index (χ2v) is 5.07. The van der Waals surface area contributed by atoms with Crippen molar-refractivity contribution in [2.24, 2.45) is 5.92 Å². The van der Waals surface area contributed by atoms with E-state index in [9.17, 15) is 5.11 Å². The van der Waals surface area contributed by atoms with Crippen LogP contribution in [0.2, 0.25) is 0 Å². The van der Waals surface area contributed by atoms with Crippen LogP contribution in [0, 0.1) is 12.8 Å². The van der Waals surface area contributed by atoms with Crippen molar-refractivity contribution in [3.8, 4) is 0 Å². The zero-order valence-corrected chi connectivity index (χ0v) is 11.1. The third kappa shape index (κ3) is 4.40. The van der Waals surface area contributed by atoms with Crippen LogP contribution in [0.1, 0.15) is 37.5 Å². The Labute approximate surface area is 108 Å². The van der Waals surface area contributed by atoms with Crippen LogP contribution in [0.5, 0.6) is 0 Å². The largest absolute Gasteiger partial charge is 0.444 e. The van der Waals surface area contributed by atoms with E-state index in [1.54, 1.807) is 6.20 Å². The van der Waals surface area contributed by atoms with Crippen molar-refractivity contribution in [1.29, 1.82) is 0 Å². The van der Waals surface area contributed by atoms with Gasteiger partial charge < -0.3 is 19.6 Å². The Kier molecular flexibility index (Phi) is 4.74. The van der Waals surface area contributed by atoms with Crippen LogP contribution in [0.4, 0.5) is 0 Å². The number of nitrogens with one attached hydrogen (secondary N) is 1. The Morgan fingerprint density at radius 3 is 3.00 bits per heavy atom. The van der Waals surface area contributed by atoms with Gasteiger partial charge in [-0.05, 0) is 32.6 Å². The molecule has 0 spiro atoms. The number of hydrogen-bond donors (Lipinski definition) is 2. The highest BCUT2D eigenvalue weighted by atomic mass is 16.5. The zero-order chi connectivity index (χ0) is 13.0. The fourth-order valence-electron chi connectivity index (χ4n) is 1.69. The van der Waals surface area contributed by atoms with Crippen molar-refractivity contribution in [2.75, 3.05) is 19.8 Å². The molecule has 0 radical (unpaired) electrons. The summed E-state index contributed by atoms with van der Waals surface area (Å²) in [6.07, 6.45) is 3.76. The predicted octanol–water partition coefficient (Wildman–Crippen LogP) is 1.42. The van der Waals surface area contributed by atoms with Crippen molar-refractivity contribution >= 4 is 0 Å². The minimum absolute atomic E-state index is 0.00298. The lowest BCUT2D eigenvalue weighted by molar-refractivity contribution is 0.0311. The molecule has 0 aromatic carbocycles. The number of aryl methyl sites for hydroxylation is 1. The average Bonchev–Trinajstić information content (AvgIpc) is 3.06. The number of aromatic nitrogens is 1. The molecule has 1 aromatic heterocycles. The highest BCUT2D eigenvalue weighted by molar-refractivity contribution is 4.94. The van der Waals surface area contributed by atoms with Crippen LogP contribution in [0.3, 0.4) is 0 Å². The van der Waals surface area contributed by atoms with Gasteiger partial charge in [-0.3, -0.25) is 0 Å². The van der Waals surface area contributed by atoms with E-state index >= 15 is 0 Å². The van der Waals surface area contributed by atoms with E-state index in [1.165, 1.54) is 12.8 Å². The van der Waals surface area contributed by atoms with E-state index in [0.717, 1.165) is 18.3 Å². The Bertz CT molecular complexity index is 363. The van der Waals surface area contributed by atoms with E-state index in [4.69, 9.17) is 9.15 Å². The van der Waals surface area contributed by atoms with Crippen LogP contribution in [0.15, 0.2) is 10.6 Å². The monoisotopic (exact) mass is 254 g/mol. The van der Waals surface area contributed by atoms with Crippen molar-refractivity contribution in [3.63, 3.8) is 0 Å². The number of hydrogen-bond acceptors (Lipinski definition) is 5. The number of aliphatic hydroxyl groups is 1. The van der Waals surface area contributed by atoms with Gasteiger partial charge in [0.25, 0.3) is 0 Å². The molecule has 5 heteroatoms. The standard InChI is InChI=1S/C13H22N2O3/c1-9-5-15-13(18-9)10(2)14-6-12(16)8-17-7-11-3-4-11/h5,10-12,14,16H,3-4,6-8H2,1-2H3. The molecule has 1 aromatic rings. The van der Waals surface area contributed by atoms with Crippen molar-refractivity contribution < 1.29 is 14.3 Å². The van der Waals surface area contributed by atoms with Gasteiger partial charge in [0.15, 0.2) is 0 Å². The van der Waals surface area contributed by atoms with Gasteiger partial charge in [-0.15, -0.1) is 0 Å². The zero-order valence-electron chi connectivity index (χ0n) is 11.1. The van der Waals surface area contributed by atoms with Crippen LogP contribution >= 0.6 is 0 Å². The molecule has 0 aliphatic heterocycles. The van der Waals surface area contributed by atoms with Crippen molar-refractivity contribution in [2.45, 2.75) is 38.8 Å². The van der Waals surface area contributed by atoms with Crippen molar-refractivity contribution in [1.82, 2.24) is 10.3 Å². The molecular weight excluding hydrogens is 232 g/mol. The number of rotatable bonds is 8. The molecule has 0 amide bonds. The SMILES string of the molecule is Cc1cnc(C(C)NCC(O)COCC2CC2)o1. The topological polar surface area (TPSA) is 67.5 Å². The van der Waals surface area contributed by atoms with Gasteiger partial charge in [-0.2, -0.15) is 0 Å². The molecule has 1 saturated carbocycles. The smallest absolute Gasteiger partial charge is 0.211 e. The van der Waals surface area contributed by atoms with Gasteiger partial charge in [0.2, 0.25) is 5.89 Å². The van der Waals surface area contributed by atoms with E-state index in [0.29, 0.717) is 19.0 Å². The Morgan fingerprint density at radius 1 is 1.61 bits per heavy atom. The van der Waals surface area contributed by atoms with E-state index < -0.39 is 6.10 Å². The summed E-state index contributed by atoms with van der Waals surface area (Å²) < 4.78 is 10.8. The number of nitrogens with zero attached hydrogens (tertiary/aromatic N) is 1. The summed E-state index contributed by atoms with van der Waals surface area (Å²) in [5, 5.41) is 12.9. The molecule has 102 valence electrons. The molecule has 1 aliphatic carbocycles. The first kappa shape index (κ1) is 13.5. The second-order valence-electron chi connectivity index (χ2n) is 5.07. The summed E-state index contributed by atoms with van der Waals surface area (Å²) >= 11 is 0. The number of ether oxygens (including phenoxy) is 1. The summed E-state index contributed by atoms with van der Waals surface area (Å²) in [5.74, 6) is 2.19. The first-order chi connectivity index (χ1) is 8.65. The van der Waals surface area contributed by atoms with E-state index in [1.807, 2.05) is 13.8 Å². The van der Waals surface area contributed by atoms with Gasteiger partial charge in [-0.1, -0.05) is 0 Å². The summed E-state index contributed by atoms with van der Waals surface area (Å²) in [7, 11) is 0. The van der Waals surface area contributed by atoms with Crippen LogP contribution in [-0.4, -0.2) is 36.0 Å². The maximum atomic E-state index is 9.74. The van der Waals surface area contributed by atoms with Gasteiger partial charge in [-0.25, -0.2) is 4.98 Å². The van der Waals surface area contributed by atoms with Crippen LogP contribution < -0.4 is 5.32 Å². The van der Waals surface area contributed by atoms with Gasteiger partial charge >= 0.3 is 0 Å². The molecule has 1 heterocycles. The fourth-order valence-corrected chi connectivity index (χ4v) is 1.69. The summed E-state index contributed by atoms with van der Waals surface area (Å²) in [6, 6.07) is -0.00298. The summed E-state index contributed by atoms with van der Waals surface area (Å²) in [4.78, 5) is 4.15. The second kappa shape index (κ2) is 6.31. The minimum Gasteiger partial charge on any atom is -0.444 e. The molecule has 2 rings (SSSR count). The molecule has 2 atom stereocenters. The third-order valence-corrected chi connectivity index (χ3v) is 3.03. The maximum Gasteiger partial charge on any atom is 0.211 e. The lowest BCUT2D eigenvalue weighted by Crippen LogP contribution is -2.32. The summed E-state index contributed by atoms with van der Waals surface area (Å²) in [6.45, 7) is 5.48. The Hall–Kier alpha value is -0.910. The van der Waals surface area contributed by atoms with Crippen molar-refractivity contribution in [3.05, 3.63) is 17.8 Å². The molecule has 1 aliphatic rings. The number of oxazole rings is 1. The lowest BCUT2D eigenvalue weighted by atomic mass is 10.3. The first-order valence-electron chi connectivity index (χ1n) is 6.56. The fraction of sp³-hybridized carbons (Fsp3) is 0.769. The molecular formula is C13H22N2O3. The van der Waals surface area contributed by atoms with E-state index in [-0.39, 0.29) is 6.04 Å². The highest BCUT2D eigenvalue weighted by Gasteiger charge is 2.21. The molecule has 2 unspecified atom stereocenters. The van der Waals surface area contributed by atoms with Crippen LogP contribution in [-0.2, 0) is 4.74 Å². The molecule has 0 saturated heterocycles. The minimum atomic E-state index is -0.484. The Balaban J connectivity index is 1.60. The molecule has 1 fully saturated rings.